The number of ether oxygens (including phenoxy) is 1. The fourth-order valence-electron chi connectivity index (χ4n) is 8.50. The third-order valence-electron chi connectivity index (χ3n) is 11.9. The quantitative estimate of drug-likeness (QED) is 0.0916. The number of halogens is 4. The Morgan fingerprint density at radius 3 is 2.48 bits per heavy atom. The van der Waals surface area contributed by atoms with Gasteiger partial charge in [0.05, 0.1) is 11.3 Å². The third-order valence-corrected chi connectivity index (χ3v) is 13.4. The molecule has 3 saturated heterocycles. The van der Waals surface area contributed by atoms with Crippen molar-refractivity contribution in [2.75, 3.05) is 62.0 Å². The molecule has 4 aliphatic rings. The Bertz CT molecular complexity index is 2800. The van der Waals surface area contributed by atoms with E-state index in [1.807, 2.05) is 16.9 Å². The highest BCUT2D eigenvalue weighted by atomic mass is 32.2. The van der Waals surface area contributed by atoms with Gasteiger partial charge >= 0.3 is 10.2 Å². The second kappa shape index (κ2) is 16.7. The van der Waals surface area contributed by atoms with Crippen LogP contribution >= 0.6 is 0 Å². The molecule has 3 amide bonds. The standard InChI is InChI=1S/C43H40F4N8O7S/c44-27-9-10-54(23-27)63(60,61)51-34-5-4-32(45)38(39(34)47)40(57)31-21-49-41-30(31)18-25(20-48-41)24-1-7-36(33(46)19-24)62-16-15-52-11-13-53(14-12-52)28-2-3-29-26(17-28)22-55(43(29)59)35-6-8-37(56)50-42(35)58/h1-5,7,17-21,27,35,51H,6,8-16,22-23H2,(H,48,49)(H,50,56,58)/t27-,35?/m1/s1. The number of carbonyl (C=O) groups excluding carboxylic acids is 4. The minimum atomic E-state index is -4.40. The van der Waals surface area contributed by atoms with Crippen molar-refractivity contribution in [1.29, 1.82) is 0 Å². The molecule has 20 heteroatoms. The Labute approximate surface area is 358 Å². The van der Waals surface area contributed by atoms with Crippen molar-refractivity contribution in [3.8, 4) is 16.9 Å². The summed E-state index contributed by atoms with van der Waals surface area (Å²) in [7, 11) is -4.40. The van der Waals surface area contributed by atoms with Crippen molar-refractivity contribution >= 4 is 56.1 Å². The van der Waals surface area contributed by atoms with Crippen LogP contribution in [0.15, 0.2) is 67.0 Å². The van der Waals surface area contributed by atoms with Gasteiger partial charge in [-0.1, -0.05) is 6.07 Å². The van der Waals surface area contributed by atoms with Crippen molar-refractivity contribution in [2.45, 2.75) is 38.0 Å². The molecule has 4 aliphatic heterocycles. The highest BCUT2D eigenvalue weighted by Gasteiger charge is 2.39. The van der Waals surface area contributed by atoms with E-state index in [2.05, 4.69) is 25.1 Å². The smallest absolute Gasteiger partial charge is 0.301 e. The normalized spacial score (nSPS) is 19.8. The molecule has 5 aromatic rings. The Kier molecular flexibility index (Phi) is 11.1. The summed E-state index contributed by atoms with van der Waals surface area (Å²) < 4.78 is 94.0. The number of benzene rings is 3. The molecule has 0 saturated carbocycles. The van der Waals surface area contributed by atoms with Crippen LogP contribution in [0.3, 0.4) is 0 Å². The largest absolute Gasteiger partial charge is 0.489 e. The molecule has 6 heterocycles. The van der Waals surface area contributed by atoms with Gasteiger partial charge in [0.2, 0.25) is 17.6 Å². The molecule has 0 spiro atoms. The minimum Gasteiger partial charge on any atom is -0.489 e. The average molecular weight is 889 g/mol. The van der Waals surface area contributed by atoms with Crippen LogP contribution in [0.4, 0.5) is 28.9 Å². The van der Waals surface area contributed by atoms with E-state index in [1.165, 1.54) is 35.5 Å². The van der Waals surface area contributed by atoms with Gasteiger partial charge in [-0.3, -0.25) is 34.1 Å². The summed E-state index contributed by atoms with van der Waals surface area (Å²) in [6.07, 6.45) is 1.75. The number of hydrogen-bond donors (Lipinski definition) is 3. The third kappa shape index (κ3) is 8.20. The van der Waals surface area contributed by atoms with Crippen molar-refractivity contribution < 1.29 is 49.9 Å². The number of fused-ring (bicyclic) bond motifs is 2. The summed E-state index contributed by atoms with van der Waals surface area (Å²) in [6, 6.07) is 12.4. The average Bonchev–Trinajstić information content (AvgIpc) is 3.99. The van der Waals surface area contributed by atoms with Crippen LogP contribution < -0.4 is 19.7 Å². The Morgan fingerprint density at radius 1 is 0.921 bits per heavy atom. The number of pyridine rings is 1. The lowest BCUT2D eigenvalue weighted by molar-refractivity contribution is -0.136. The first-order valence-corrected chi connectivity index (χ1v) is 21.8. The van der Waals surface area contributed by atoms with E-state index in [0.717, 1.165) is 27.7 Å². The first-order valence-electron chi connectivity index (χ1n) is 20.3. The van der Waals surface area contributed by atoms with Gasteiger partial charge in [-0.2, -0.15) is 12.7 Å². The number of aromatic amines is 1. The molecule has 3 N–H and O–H groups in total. The van der Waals surface area contributed by atoms with E-state index in [-0.39, 0.29) is 60.2 Å². The number of carbonyl (C=O) groups is 4. The molecule has 0 aliphatic carbocycles. The van der Waals surface area contributed by atoms with Crippen LogP contribution in [0.25, 0.3) is 22.2 Å². The summed E-state index contributed by atoms with van der Waals surface area (Å²) in [6.45, 7) is 3.34. The number of rotatable bonds is 12. The van der Waals surface area contributed by atoms with Crippen LogP contribution in [0.1, 0.15) is 51.1 Å². The molecule has 0 radical (unpaired) electrons. The van der Waals surface area contributed by atoms with Gasteiger partial charge < -0.3 is 19.5 Å². The van der Waals surface area contributed by atoms with Crippen LogP contribution in [-0.4, -0.2) is 121 Å². The number of ketones is 1. The summed E-state index contributed by atoms with van der Waals surface area (Å²) in [4.78, 5) is 63.8. The van der Waals surface area contributed by atoms with Gasteiger partial charge in [0.15, 0.2) is 17.4 Å². The molecule has 63 heavy (non-hydrogen) atoms. The molecule has 2 atom stereocenters. The zero-order chi connectivity index (χ0) is 44.2. The van der Waals surface area contributed by atoms with E-state index in [4.69, 9.17) is 4.74 Å². The van der Waals surface area contributed by atoms with E-state index in [1.54, 1.807) is 12.1 Å². The SMILES string of the molecule is O=C1CCC(N2Cc3cc(N4CCN(CCOc5ccc(-c6cnc7[nH]cc(C(=O)c8c(F)ccc(NS(=O)(=O)N9CC[C@@H](F)C9)c8F)c7c6)cc5F)CC4)ccc3C2=O)C(=O)N1. The minimum absolute atomic E-state index is 0.0253. The molecular formula is C43H40F4N8O7S. The number of H-pyrrole nitrogens is 1. The monoisotopic (exact) mass is 888 g/mol. The summed E-state index contributed by atoms with van der Waals surface area (Å²) in [5.41, 5.74) is 1.47. The summed E-state index contributed by atoms with van der Waals surface area (Å²) in [5.74, 6) is -5.40. The molecule has 1 unspecified atom stereocenters. The van der Waals surface area contributed by atoms with Crippen LogP contribution in [0.5, 0.6) is 5.75 Å². The highest BCUT2D eigenvalue weighted by molar-refractivity contribution is 7.90. The van der Waals surface area contributed by atoms with Crippen molar-refractivity contribution in [3.63, 3.8) is 0 Å². The lowest BCUT2D eigenvalue weighted by atomic mass is 9.99. The van der Waals surface area contributed by atoms with Gasteiger partial charge in [-0.05, 0) is 72.5 Å². The number of imide groups is 1. The number of hydrogen-bond acceptors (Lipinski definition) is 10. The van der Waals surface area contributed by atoms with Gasteiger partial charge in [0, 0.05) is 98.9 Å². The van der Waals surface area contributed by atoms with E-state index in [9.17, 15) is 32.0 Å². The van der Waals surface area contributed by atoms with E-state index < -0.39 is 69.4 Å². The molecule has 0 bridgehead atoms. The Balaban J connectivity index is 0.807. The van der Waals surface area contributed by atoms with Crippen molar-refractivity contribution in [2.24, 2.45) is 0 Å². The number of nitrogens with zero attached hydrogens (tertiary/aromatic N) is 5. The van der Waals surface area contributed by atoms with Gasteiger partial charge in [-0.25, -0.2) is 22.5 Å². The molecule has 15 nitrogen and oxygen atoms in total. The number of aromatic nitrogens is 2. The molecule has 9 rings (SSSR count). The summed E-state index contributed by atoms with van der Waals surface area (Å²) in [5, 5.41) is 2.50. The molecule has 3 fully saturated rings. The van der Waals surface area contributed by atoms with Crippen LogP contribution in [0, 0.1) is 17.5 Å². The fraction of sp³-hybridized carbons (Fsp3) is 0.326. The number of alkyl halides is 1. The van der Waals surface area contributed by atoms with Gasteiger partial charge in [-0.15, -0.1) is 0 Å². The Hall–Kier alpha value is -6.38. The first-order chi connectivity index (χ1) is 30.2. The zero-order valence-electron chi connectivity index (χ0n) is 33.5. The Morgan fingerprint density at radius 2 is 1.73 bits per heavy atom. The zero-order valence-corrected chi connectivity index (χ0v) is 34.3. The lowest BCUT2D eigenvalue weighted by Gasteiger charge is -2.36. The van der Waals surface area contributed by atoms with Crippen molar-refractivity contribution in [1.82, 2.24) is 29.4 Å². The predicted molar refractivity (Wildman–Crippen MR) is 222 cm³/mol. The molecule has 3 aromatic carbocycles. The number of anilines is 2. The second-order valence-electron chi connectivity index (χ2n) is 15.9. The van der Waals surface area contributed by atoms with Gasteiger partial charge in [0.1, 0.15) is 30.3 Å². The lowest BCUT2D eigenvalue weighted by Crippen LogP contribution is -2.52. The second-order valence-corrected chi connectivity index (χ2v) is 17.5. The summed E-state index contributed by atoms with van der Waals surface area (Å²) >= 11 is 0. The maximum absolute atomic E-state index is 15.7. The van der Waals surface area contributed by atoms with Gasteiger partial charge in [0.25, 0.3) is 5.91 Å². The molecule has 328 valence electrons. The predicted octanol–water partition coefficient (Wildman–Crippen LogP) is 4.54. The van der Waals surface area contributed by atoms with Crippen molar-refractivity contribution in [3.05, 3.63) is 107 Å². The fourth-order valence-corrected chi connectivity index (χ4v) is 9.77. The van der Waals surface area contributed by atoms with E-state index in [0.29, 0.717) is 62.4 Å². The van der Waals surface area contributed by atoms with Crippen LogP contribution in [0.2, 0.25) is 0 Å². The van der Waals surface area contributed by atoms with E-state index >= 15 is 13.2 Å². The topological polar surface area (TPSA) is 177 Å². The maximum atomic E-state index is 15.7. The first kappa shape index (κ1) is 41.9. The maximum Gasteiger partial charge on any atom is 0.301 e. The number of amides is 3. The van der Waals surface area contributed by atoms with Crippen LogP contribution in [-0.2, 0) is 26.3 Å². The molecule has 2 aromatic heterocycles. The number of nitrogens with one attached hydrogen (secondary N) is 3. The molecular weight excluding hydrogens is 849 g/mol. The highest BCUT2D eigenvalue weighted by Crippen LogP contribution is 2.33. The number of piperidine rings is 1. The number of piperazine rings is 1.